The van der Waals surface area contributed by atoms with Crippen LogP contribution in [0.5, 0.6) is 11.5 Å². The molecule has 2 N–H and O–H groups in total. The molecule has 0 fully saturated rings. The number of nitrogens with two attached hydrogens (primary N) is 1. The molecule has 1 aliphatic carbocycles. The van der Waals surface area contributed by atoms with Crippen molar-refractivity contribution in [1.29, 1.82) is 0 Å². The van der Waals surface area contributed by atoms with Gasteiger partial charge >= 0.3 is 6.09 Å². The molecular formula is C29H47NO7Si. The Labute approximate surface area is 229 Å². The Morgan fingerprint density at radius 3 is 2.39 bits per heavy atom. The maximum Gasteiger partial charge on any atom is 0.404 e. The van der Waals surface area contributed by atoms with Gasteiger partial charge in [-0.2, -0.15) is 0 Å². The molecule has 8 nitrogen and oxygen atoms in total. The van der Waals surface area contributed by atoms with Gasteiger partial charge in [-0.3, -0.25) is 4.79 Å². The van der Waals surface area contributed by atoms with E-state index in [2.05, 4.69) is 60.7 Å². The summed E-state index contributed by atoms with van der Waals surface area (Å²) in [5.74, 6) is 0.961. The van der Waals surface area contributed by atoms with E-state index < -0.39 is 20.5 Å². The van der Waals surface area contributed by atoms with Crippen molar-refractivity contribution < 1.29 is 33.0 Å². The third-order valence-corrected chi connectivity index (χ3v) is 12.0. The Morgan fingerprint density at radius 1 is 1.16 bits per heavy atom. The van der Waals surface area contributed by atoms with E-state index in [1.165, 1.54) is 0 Å². The van der Waals surface area contributed by atoms with Crippen LogP contribution >= 0.6 is 0 Å². The van der Waals surface area contributed by atoms with Crippen molar-refractivity contribution in [3.8, 4) is 11.5 Å². The molecule has 0 heterocycles. The van der Waals surface area contributed by atoms with Gasteiger partial charge in [-0.25, -0.2) is 4.79 Å². The van der Waals surface area contributed by atoms with Crippen LogP contribution in [-0.2, 0) is 13.9 Å². The van der Waals surface area contributed by atoms with Crippen LogP contribution in [-0.4, -0.2) is 53.4 Å². The average molecular weight is 550 g/mol. The lowest BCUT2D eigenvalue weighted by Gasteiger charge is -2.45. The summed E-state index contributed by atoms with van der Waals surface area (Å²) < 4.78 is 29.8. The van der Waals surface area contributed by atoms with Crippen LogP contribution in [0.15, 0.2) is 29.8 Å². The molecule has 2 rings (SSSR count). The maximum atomic E-state index is 11.6. The Morgan fingerprint density at radius 2 is 1.84 bits per heavy atom. The first kappa shape index (κ1) is 31.9. The Hall–Kier alpha value is -2.36. The average Bonchev–Trinajstić information content (AvgIpc) is 2.80. The molecule has 1 amide bonds. The summed E-state index contributed by atoms with van der Waals surface area (Å²) in [5.41, 5.74) is 6.66. The molecule has 1 aromatic carbocycles. The highest BCUT2D eigenvalue weighted by Gasteiger charge is 2.45. The molecule has 38 heavy (non-hydrogen) atoms. The van der Waals surface area contributed by atoms with Gasteiger partial charge < -0.3 is 29.1 Å². The molecule has 0 saturated heterocycles. The van der Waals surface area contributed by atoms with Crippen molar-refractivity contribution >= 4 is 20.7 Å². The molecule has 0 bridgehead atoms. The zero-order valence-corrected chi connectivity index (χ0v) is 25.6. The van der Waals surface area contributed by atoms with Gasteiger partial charge in [0, 0.05) is 12.7 Å². The maximum absolute atomic E-state index is 11.6. The van der Waals surface area contributed by atoms with Gasteiger partial charge in [0.1, 0.15) is 12.4 Å². The minimum atomic E-state index is -2.15. The van der Waals surface area contributed by atoms with Gasteiger partial charge in [0.25, 0.3) is 0 Å². The van der Waals surface area contributed by atoms with E-state index in [4.69, 9.17) is 29.1 Å². The van der Waals surface area contributed by atoms with E-state index in [0.29, 0.717) is 23.5 Å². The number of benzene rings is 1. The van der Waals surface area contributed by atoms with E-state index in [1.54, 1.807) is 25.3 Å². The number of hydrogen-bond donors (Lipinski definition) is 1. The molecule has 0 aromatic heterocycles. The number of rotatable bonds is 12. The van der Waals surface area contributed by atoms with Gasteiger partial charge in [0.15, 0.2) is 26.6 Å². The number of primary amides is 1. The summed E-state index contributed by atoms with van der Waals surface area (Å²) in [6, 6.07) is 5.09. The standard InChI is InChI=1S/C29H47NO7Si/c1-28(2,3)22(15-16-34-27(30)32)21-11-10-12-24(37-38(8,9)29(4,5)6)26(21)36-25-17-20(18-31)13-14-23(25)35-19-33-7/h11,13-14,17-18,22,24,26H,10,12,15-16,19H2,1-9H3,(H2,30,32)/t22?,24-,26-/m0/s1. The molecule has 0 spiro atoms. The number of aldehydes is 1. The van der Waals surface area contributed by atoms with E-state index in [0.717, 1.165) is 24.7 Å². The van der Waals surface area contributed by atoms with Crippen LogP contribution in [0.2, 0.25) is 18.1 Å². The van der Waals surface area contributed by atoms with Crippen LogP contribution < -0.4 is 15.2 Å². The molecular weight excluding hydrogens is 502 g/mol. The highest BCUT2D eigenvalue weighted by molar-refractivity contribution is 6.74. The van der Waals surface area contributed by atoms with Crippen LogP contribution in [0, 0.1) is 11.3 Å². The number of ether oxygens (including phenoxy) is 4. The number of carbonyl (C=O) groups is 2. The van der Waals surface area contributed by atoms with Gasteiger partial charge in [-0.15, -0.1) is 0 Å². The summed E-state index contributed by atoms with van der Waals surface area (Å²) in [6.07, 6.45) is 3.84. The zero-order chi connectivity index (χ0) is 28.7. The van der Waals surface area contributed by atoms with Gasteiger partial charge in [-0.1, -0.05) is 47.6 Å². The normalized spacial score (nSPS) is 19.3. The molecule has 1 aliphatic rings. The van der Waals surface area contributed by atoms with Gasteiger partial charge in [0.05, 0.1) is 12.7 Å². The number of amides is 1. The number of hydrogen-bond acceptors (Lipinski definition) is 7. The highest BCUT2D eigenvalue weighted by atomic mass is 28.4. The predicted octanol–water partition coefficient (Wildman–Crippen LogP) is 6.49. The number of carbonyl (C=O) groups excluding carboxylic acids is 2. The first-order valence-electron chi connectivity index (χ1n) is 13.3. The van der Waals surface area contributed by atoms with E-state index in [9.17, 15) is 9.59 Å². The van der Waals surface area contributed by atoms with Crippen LogP contribution in [0.25, 0.3) is 0 Å². The molecule has 1 aromatic rings. The van der Waals surface area contributed by atoms with Crippen molar-refractivity contribution in [3.05, 3.63) is 35.4 Å². The second kappa shape index (κ2) is 13.1. The van der Waals surface area contributed by atoms with E-state index in [-0.39, 0.29) is 35.9 Å². The summed E-state index contributed by atoms with van der Waals surface area (Å²) >= 11 is 0. The molecule has 3 atom stereocenters. The highest BCUT2D eigenvalue weighted by Crippen LogP contribution is 2.45. The fraction of sp³-hybridized carbons (Fsp3) is 0.655. The fourth-order valence-electron chi connectivity index (χ4n) is 4.50. The minimum Gasteiger partial charge on any atom is -0.479 e. The number of allylic oxidation sites excluding steroid dienone is 1. The second-order valence-corrected chi connectivity index (χ2v) is 17.2. The van der Waals surface area contributed by atoms with Crippen molar-refractivity contribution in [2.24, 2.45) is 17.1 Å². The van der Waals surface area contributed by atoms with Crippen LogP contribution in [0.1, 0.15) is 71.2 Å². The Balaban J connectivity index is 2.57. The summed E-state index contributed by atoms with van der Waals surface area (Å²) in [4.78, 5) is 22.9. The van der Waals surface area contributed by atoms with Crippen LogP contribution in [0.3, 0.4) is 0 Å². The number of methoxy groups -OCH3 is 1. The Bertz CT molecular complexity index is 978. The van der Waals surface area contributed by atoms with E-state index >= 15 is 0 Å². The van der Waals surface area contributed by atoms with Crippen molar-refractivity contribution in [2.75, 3.05) is 20.5 Å². The predicted molar refractivity (Wildman–Crippen MR) is 151 cm³/mol. The lowest BCUT2D eigenvalue weighted by atomic mass is 9.70. The van der Waals surface area contributed by atoms with E-state index in [1.807, 2.05) is 0 Å². The monoisotopic (exact) mass is 549 g/mol. The van der Waals surface area contributed by atoms with Gasteiger partial charge in [0.2, 0.25) is 0 Å². The van der Waals surface area contributed by atoms with Crippen molar-refractivity contribution in [1.82, 2.24) is 0 Å². The lowest BCUT2D eigenvalue weighted by Crippen LogP contribution is -2.51. The molecule has 1 unspecified atom stereocenters. The first-order chi connectivity index (χ1) is 17.6. The molecule has 0 radical (unpaired) electrons. The quantitative estimate of drug-likeness (QED) is 0.137. The molecule has 9 heteroatoms. The summed E-state index contributed by atoms with van der Waals surface area (Å²) in [5, 5.41) is 0.0157. The van der Waals surface area contributed by atoms with Crippen molar-refractivity contribution in [2.45, 2.75) is 91.1 Å². The first-order valence-corrected chi connectivity index (χ1v) is 16.2. The van der Waals surface area contributed by atoms with Crippen molar-refractivity contribution in [3.63, 3.8) is 0 Å². The zero-order valence-electron chi connectivity index (χ0n) is 24.6. The minimum absolute atomic E-state index is 0.0157. The van der Waals surface area contributed by atoms with Gasteiger partial charge in [-0.05, 0) is 72.5 Å². The SMILES string of the molecule is COCOc1ccc(C=O)cc1O[C@H]1C(C(CCOC(N)=O)C(C)(C)C)=CCC[C@@H]1O[Si](C)(C)C(C)(C)C. The topological polar surface area (TPSA) is 106 Å². The third-order valence-electron chi connectivity index (χ3n) is 7.54. The smallest absolute Gasteiger partial charge is 0.404 e. The van der Waals surface area contributed by atoms with Crippen LogP contribution in [0.4, 0.5) is 4.79 Å². The Kier molecular flexibility index (Phi) is 11.0. The fourth-order valence-corrected chi connectivity index (χ4v) is 5.85. The summed E-state index contributed by atoms with van der Waals surface area (Å²) in [7, 11) is -0.606. The molecule has 0 aliphatic heterocycles. The summed E-state index contributed by atoms with van der Waals surface area (Å²) in [6.45, 7) is 17.9. The lowest BCUT2D eigenvalue weighted by molar-refractivity contribution is 0.0271. The third kappa shape index (κ3) is 8.58. The largest absolute Gasteiger partial charge is 0.479 e. The molecule has 0 saturated carbocycles. The second-order valence-electron chi connectivity index (χ2n) is 12.5. The molecule has 214 valence electrons.